The topological polar surface area (TPSA) is 74.7 Å². The molecule has 1 N–H and O–H groups in total. The number of aliphatic carboxylic acids is 1. The molecule has 0 aliphatic carbocycles. The molecule has 24 heavy (non-hydrogen) atoms. The minimum Gasteiger partial charge on any atom is -0.481 e. The van der Waals surface area contributed by atoms with E-state index in [2.05, 4.69) is 0 Å². The number of benzene rings is 1. The van der Waals surface area contributed by atoms with E-state index in [9.17, 15) is 14.4 Å². The molecule has 0 spiro atoms. The highest BCUT2D eigenvalue weighted by Gasteiger charge is 2.31. The fraction of sp³-hybridized carbons (Fsp3) is 0.471. The van der Waals surface area contributed by atoms with Crippen LogP contribution in [-0.4, -0.2) is 52.3 Å². The van der Waals surface area contributed by atoms with E-state index in [-0.39, 0.29) is 35.7 Å². The lowest BCUT2D eigenvalue weighted by Gasteiger charge is -2.34. The van der Waals surface area contributed by atoms with Crippen LogP contribution in [0.4, 0.5) is 0 Å². The summed E-state index contributed by atoms with van der Waals surface area (Å²) in [6, 6.07) is 6.64. The Bertz CT molecular complexity index is 620. The number of amides is 1. The van der Waals surface area contributed by atoms with E-state index < -0.39 is 11.9 Å². The molecular weight excluding hydrogens is 350 g/mol. The van der Waals surface area contributed by atoms with Crippen LogP contribution in [0.3, 0.4) is 0 Å². The largest absolute Gasteiger partial charge is 0.481 e. The maximum atomic E-state index is 12.3. The molecule has 2 unspecified atom stereocenters. The third-order valence-corrected chi connectivity index (χ3v) is 5.16. The van der Waals surface area contributed by atoms with Crippen molar-refractivity contribution in [2.45, 2.75) is 13.3 Å². The summed E-state index contributed by atoms with van der Waals surface area (Å²) >= 11 is 7.04. The second kappa shape index (κ2) is 8.53. The number of hydrogen-bond donors (Lipinski definition) is 1. The van der Waals surface area contributed by atoms with Crippen molar-refractivity contribution in [3.8, 4) is 0 Å². The molecular formula is C17H20ClNO4S. The van der Waals surface area contributed by atoms with Gasteiger partial charge in [0.2, 0.25) is 5.91 Å². The Labute approximate surface area is 150 Å². The highest BCUT2D eigenvalue weighted by atomic mass is 35.5. The van der Waals surface area contributed by atoms with Crippen LogP contribution in [0, 0.1) is 11.8 Å². The standard InChI is InChI=1S/C17H20ClNO4S/c1-11-6-13(17(22)23)8-19(7-11)16(21)10-24-9-15(20)12-2-4-14(18)5-3-12/h2-5,11,13H,6-10H2,1H3,(H,22,23). The fourth-order valence-electron chi connectivity index (χ4n) is 2.78. The number of carboxylic acid groups (broad SMARTS) is 1. The summed E-state index contributed by atoms with van der Waals surface area (Å²) in [4.78, 5) is 37.1. The Hall–Kier alpha value is -1.53. The Kier molecular flexibility index (Phi) is 6.69. The number of hydrogen-bond acceptors (Lipinski definition) is 4. The second-order valence-electron chi connectivity index (χ2n) is 6.10. The first kappa shape index (κ1) is 18.8. The maximum Gasteiger partial charge on any atom is 0.308 e. The summed E-state index contributed by atoms with van der Waals surface area (Å²) in [5.74, 6) is -0.966. The van der Waals surface area contributed by atoms with Crippen molar-refractivity contribution in [3.05, 3.63) is 34.9 Å². The molecule has 7 heteroatoms. The molecule has 1 fully saturated rings. The minimum absolute atomic E-state index is 0.0557. The average Bonchev–Trinajstić information content (AvgIpc) is 2.54. The molecule has 1 amide bonds. The normalized spacial score (nSPS) is 20.7. The third-order valence-electron chi connectivity index (χ3n) is 3.99. The molecule has 5 nitrogen and oxygen atoms in total. The van der Waals surface area contributed by atoms with Crippen LogP contribution in [0.1, 0.15) is 23.7 Å². The number of rotatable bonds is 6. The van der Waals surface area contributed by atoms with E-state index in [1.807, 2.05) is 6.92 Å². The zero-order chi connectivity index (χ0) is 17.7. The molecule has 1 aliphatic rings. The molecule has 1 aromatic carbocycles. The Morgan fingerprint density at radius 3 is 2.50 bits per heavy atom. The van der Waals surface area contributed by atoms with Crippen molar-refractivity contribution < 1.29 is 19.5 Å². The van der Waals surface area contributed by atoms with Crippen molar-refractivity contribution in [3.63, 3.8) is 0 Å². The third kappa shape index (κ3) is 5.24. The Morgan fingerprint density at radius 1 is 1.21 bits per heavy atom. The van der Waals surface area contributed by atoms with Crippen LogP contribution < -0.4 is 0 Å². The van der Waals surface area contributed by atoms with Crippen molar-refractivity contribution >= 4 is 41.0 Å². The van der Waals surface area contributed by atoms with Gasteiger partial charge in [0.15, 0.2) is 5.78 Å². The SMILES string of the molecule is CC1CC(C(=O)O)CN(C(=O)CSCC(=O)c2ccc(Cl)cc2)C1. The highest BCUT2D eigenvalue weighted by Crippen LogP contribution is 2.22. The van der Waals surface area contributed by atoms with Crippen molar-refractivity contribution in [1.82, 2.24) is 4.90 Å². The summed E-state index contributed by atoms with van der Waals surface area (Å²) in [7, 11) is 0. The van der Waals surface area contributed by atoms with Crippen LogP contribution in [-0.2, 0) is 9.59 Å². The molecule has 0 aromatic heterocycles. The molecule has 130 valence electrons. The number of carbonyl (C=O) groups is 3. The van der Waals surface area contributed by atoms with Gasteiger partial charge in [-0.25, -0.2) is 0 Å². The van der Waals surface area contributed by atoms with E-state index in [1.165, 1.54) is 11.8 Å². The van der Waals surface area contributed by atoms with Crippen molar-refractivity contribution in [1.29, 1.82) is 0 Å². The molecule has 0 saturated carbocycles. The molecule has 1 aromatic rings. The number of ketones is 1. The van der Waals surface area contributed by atoms with Crippen LogP contribution in [0.5, 0.6) is 0 Å². The first-order chi connectivity index (χ1) is 11.4. The van der Waals surface area contributed by atoms with Crippen molar-refractivity contribution in [2.75, 3.05) is 24.6 Å². The predicted molar refractivity (Wildman–Crippen MR) is 94.6 cm³/mol. The molecule has 2 atom stereocenters. The number of halogens is 1. The number of likely N-dealkylation sites (tertiary alicyclic amines) is 1. The van der Waals surface area contributed by atoms with Gasteiger partial charge < -0.3 is 10.0 Å². The molecule has 0 radical (unpaired) electrons. The zero-order valence-corrected chi connectivity index (χ0v) is 15.0. The molecule has 2 rings (SSSR count). The summed E-state index contributed by atoms with van der Waals surface area (Å²) in [6.45, 7) is 2.78. The quantitative estimate of drug-likeness (QED) is 0.780. The number of piperidine rings is 1. The van der Waals surface area contributed by atoms with Gasteiger partial charge in [-0.3, -0.25) is 14.4 Å². The summed E-state index contributed by atoms with van der Waals surface area (Å²) < 4.78 is 0. The molecule has 0 bridgehead atoms. The first-order valence-electron chi connectivity index (χ1n) is 7.74. The van der Waals surface area contributed by atoms with Crippen LogP contribution in [0.25, 0.3) is 0 Å². The monoisotopic (exact) mass is 369 g/mol. The van der Waals surface area contributed by atoms with Crippen LogP contribution >= 0.6 is 23.4 Å². The lowest BCUT2D eigenvalue weighted by Crippen LogP contribution is -2.46. The van der Waals surface area contributed by atoms with E-state index in [1.54, 1.807) is 29.2 Å². The Morgan fingerprint density at radius 2 is 1.88 bits per heavy atom. The van der Waals surface area contributed by atoms with Crippen molar-refractivity contribution in [2.24, 2.45) is 11.8 Å². The second-order valence-corrected chi connectivity index (χ2v) is 7.52. The zero-order valence-electron chi connectivity index (χ0n) is 13.4. The van der Waals surface area contributed by atoms with Gasteiger partial charge in [-0.15, -0.1) is 11.8 Å². The van der Waals surface area contributed by atoms with Gasteiger partial charge >= 0.3 is 5.97 Å². The maximum absolute atomic E-state index is 12.3. The highest BCUT2D eigenvalue weighted by molar-refractivity contribution is 8.00. The van der Waals surface area contributed by atoms with Gasteiger partial charge in [0.1, 0.15) is 0 Å². The van der Waals surface area contributed by atoms with Gasteiger partial charge in [-0.2, -0.15) is 0 Å². The smallest absolute Gasteiger partial charge is 0.308 e. The molecule has 1 saturated heterocycles. The number of carbonyl (C=O) groups excluding carboxylic acids is 2. The summed E-state index contributed by atoms with van der Waals surface area (Å²) in [6.07, 6.45) is 0.599. The molecule has 1 heterocycles. The number of nitrogens with zero attached hydrogens (tertiary/aromatic N) is 1. The molecule has 1 aliphatic heterocycles. The minimum atomic E-state index is -0.857. The van der Waals surface area contributed by atoms with Crippen LogP contribution in [0.15, 0.2) is 24.3 Å². The van der Waals surface area contributed by atoms with E-state index in [0.717, 1.165) is 0 Å². The first-order valence-corrected chi connectivity index (χ1v) is 9.27. The van der Waals surface area contributed by atoms with E-state index in [0.29, 0.717) is 23.6 Å². The lowest BCUT2D eigenvalue weighted by atomic mass is 9.90. The number of carboxylic acids is 1. The summed E-state index contributed by atoms with van der Waals surface area (Å²) in [5.41, 5.74) is 0.567. The lowest BCUT2D eigenvalue weighted by molar-refractivity contribution is -0.146. The van der Waals surface area contributed by atoms with Gasteiger partial charge in [0, 0.05) is 23.7 Å². The van der Waals surface area contributed by atoms with Gasteiger partial charge in [0.05, 0.1) is 17.4 Å². The number of Topliss-reactive ketones (excluding diaryl/α,β-unsaturated/α-hetero) is 1. The van der Waals surface area contributed by atoms with Crippen LogP contribution in [0.2, 0.25) is 5.02 Å². The number of thioether (sulfide) groups is 1. The van der Waals surface area contributed by atoms with Gasteiger partial charge in [-0.1, -0.05) is 18.5 Å². The Balaban J connectivity index is 1.81. The summed E-state index contributed by atoms with van der Waals surface area (Å²) in [5, 5.41) is 9.72. The van der Waals surface area contributed by atoms with E-state index in [4.69, 9.17) is 16.7 Å². The average molecular weight is 370 g/mol. The van der Waals surface area contributed by atoms with E-state index >= 15 is 0 Å². The van der Waals surface area contributed by atoms with Gasteiger partial charge in [-0.05, 0) is 36.6 Å². The fourth-order valence-corrected chi connectivity index (χ4v) is 3.71. The predicted octanol–water partition coefficient (Wildman–Crippen LogP) is 2.83. The van der Waals surface area contributed by atoms with Gasteiger partial charge in [0.25, 0.3) is 0 Å².